The van der Waals surface area contributed by atoms with E-state index in [1.807, 2.05) is 37.3 Å². The van der Waals surface area contributed by atoms with Crippen LogP contribution in [0.25, 0.3) is 0 Å². The van der Waals surface area contributed by atoms with Crippen molar-refractivity contribution >= 4 is 15.9 Å². The van der Waals surface area contributed by atoms with Crippen LogP contribution in [0.3, 0.4) is 0 Å². The van der Waals surface area contributed by atoms with Gasteiger partial charge in [0.05, 0.1) is 11.4 Å². The maximum atomic E-state index is 12.0. The molecule has 0 atom stereocenters. The smallest absolute Gasteiger partial charge is 0.241 e. The van der Waals surface area contributed by atoms with E-state index in [2.05, 4.69) is 10.0 Å². The van der Waals surface area contributed by atoms with Crippen molar-refractivity contribution in [3.8, 4) is 0 Å². The minimum absolute atomic E-state index is 0.147. The number of hydrogen-bond acceptors (Lipinski definition) is 3. The molecule has 0 spiro atoms. The first-order valence-corrected chi connectivity index (χ1v) is 8.33. The number of benzene rings is 2. The van der Waals surface area contributed by atoms with Crippen molar-refractivity contribution in [2.24, 2.45) is 0 Å². The highest BCUT2D eigenvalue weighted by atomic mass is 32.2. The monoisotopic (exact) mass is 318 g/mol. The van der Waals surface area contributed by atoms with Crippen LogP contribution < -0.4 is 10.0 Å². The predicted molar refractivity (Wildman–Crippen MR) is 84.7 cm³/mol. The highest BCUT2D eigenvalue weighted by molar-refractivity contribution is 7.89. The maximum Gasteiger partial charge on any atom is 0.241 e. The number of carbonyl (C=O) groups excluding carboxylic acids is 1. The molecule has 0 bridgehead atoms. The standard InChI is InChI=1S/C16H18N2O3S/c1-13-7-9-15(10-8-13)22(20,21)18-12-16(19)17-11-14-5-3-2-4-6-14/h2-10,18H,11-12H2,1H3,(H,17,19). The van der Waals surface area contributed by atoms with Crippen molar-refractivity contribution in [1.82, 2.24) is 10.0 Å². The lowest BCUT2D eigenvalue weighted by molar-refractivity contribution is -0.120. The predicted octanol–water partition coefficient (Wildman–Crippen LogP) is 1.59. The summed E-state index contributed by atoms with van der Waals surface area (Å²) in [4.78, 5) is 11.9. The lowest BCUT2D eigenvalue weighted by Crippen LogP contribution is -2.36. The molecule has 0 aliphatic carbocycles. The molecule has 2 aromatic rings. The molecule has 6 heteroatoms. The minimum atomic E-state index is -3.67. The molecular weight excluding hydrogens is 300 g/mol. The van der Waals surface area contributed by atoms with Crippen molar-refractivity contribution < 1.29 is 13.2 Å². The summed E-state index contributed by atoms with van der Waals surface area (Å²) in [7, 11) is -3.67. The summed E-state index contributed by atoms with van der Waals surface area (Å²) >= 11 is 0. The Labute approximate surface area is 130 Å². The zero-order valence-corrected chi connectivity index (χ0v) is 13.1. The van der Waals surface area contributed by atoms with Gasteiger partial charge in [-0.2, -0.15) is 0 Å². The number of aryl methyl sites for hydroxylation is 1. The van der Waals surface area contributed by atoms with E-state index in [4.69, 9.17) is 0 Å². The van der Waals surface area contributed by atoms with Gasteiger partial charge in [0.15, 0.2) is 0 Å². The van der Waals surface area contributed by atoms with E-state index in [9.17, 15) is 13.2 Å². The van der Waals surface area contributed by atoms with Crippen LogP contribution in [0.15, 0.2) is 59.5 Å². The zero-order chi connectivity index (χ0) is 16.0. The molecule has 0 saturated heterocycles. The Balaban J connectivity index is 1.86. The molecule has 0 aliphatic heterocycles. The number of hydrogen-bond donors (Lipinski definition) is 2. The molecule has 22 heavy (non-hydrogen) atoms. The molecular formula is C16H18N2O3S. The Morgan fingerprint density at radius 2 is 1.64 bits per heavy atom. The molecule has 2 aromatic carbocycles. The SMILES string of the molecule is Cc1ccc(S(=O)(=O)NCC(=O)NCc2ccccc2)cc1. The summed E-state index contributed by atoms with van der Waals surface area (Å²) in [6.07, 6.45) is 0. The lowest BCUT2D eigenvalue weighted by atomic mass is 10.2. The fourth-order valence-electron chi connectivity index (χ4n) is 1.82. The lowest BCUT2D eigenvalue weighted by Gasteiger charge is -2.08. The molecule has 0 aromatic heterocycles. The van der Waals surface area contributed by atoms with Crippen LogP contribution >= 0.6 is 0 Å². The summed E-state index contributed by atoms with van der Waals surface area (Å²) in [6.45, 7) is 1.95. The first kappa shape index (κ1) is 16.2. The summed E-state index contributed by atoms with van der Waals surface area (Å²) in [5, 5.41) is 2.67. The Kier molecular flexibility index (Phi) is 5.30. The van der Waals surface area contributed by atoms with Gasteiger partial charge in [0.2, 0.25) is 15.9 Å². The number of sulfonamides is 1. The van der Waals surface area contributed by atoms with E-state index >= 15 is 0 Å². The quantitative estimate of drug-likeness (QED) is 0.849. The molecule has 2 N–H and O–H groups in total. The van der Waals surface area contributed by atoms with Crippen molar-refractivity contribution in [2.75, 3.05) is 6.54 Å². The average Bonchev–Trinajstić information content (AvgIpc) is 2.52. The molecule has 0 aliphatic rings. The maximum absolute atomic E-state index is 12.0. The normalized spacial score (nSPS) is 11.1. The Bertz CT molecular complexity index is 726. The van der Waals surface area contributed by atoms with Crippen molar-refractivity contribution in [2.45, 2.75) is 18.4 Å². The third-order valence-corrected chi connectivity index (χ3v) is 4.50. The van der Waals surface area contributed by atoms with Gasteiger partial charge in [0, 0.05) is 6.54 Å². The van der Waals surface area contributed by atoms with Gasteiger partial charge in [-0.15, -0.1) is 0 Å². The molecule has 0 saturated carbocycles. The van der Waals surface area contributed by atoms with Crippen molar-refractivity contribution in [3.05, 3.63) is 65.7 Å². The molecule has 5 nitrogen and oxygen atoms in total. The second-order valence-corrected chi connectivity index (χ2v) is 6.67. The van der Waals surface area contributed by atoms with E-state index in [1.165, 1.54) is 12.1 Å². The Hall–Kier alpha value is -2.18. The molecule has 116 valence electrons. The van der Waals surface area contributed by atoms with Crippen LogP contribution in [-0.4, -0.2) is 20.9 Å². The Morgan fingerprint density at radius 3 is 2.27 bits per heavy atom. The van der Waals surface area contributed by atoms with Gasteiger partial charge in [0.1, 0.15) is 0 Å². The van der Waals surface area contributed by atoms with Gasteiger partial charge in [-0.05, 0) is 24.6 Å². The third kappa shape index (κ3) is 4.68. The second kappa shape index (κ2) is 7.20. The van der Waals surface area contributed by atoms with Crippen molar-refractivity contribution in [3.63, 3.8) is 0 Å². The van der Waals surface area contributed by atoms with Gasteiger partial charge in [-0.3, -0.25) is 4.79 Å². The van der Waals surface area contributed by atoms with E-state index in [1.54, 1.807) is 12.1 Å². The molecule has 0 fully saturated rings. The average molecular weight is 318 g/mol. The van der Waals surface area contributed by atoms with Gasteiger partial charge in [-0.1, -0.05) is 48.0 Å². The topological polar surface area (TPSA) is 75.3 Å². The van der Waals surface area contributed by atoms with Crippen LogP contribution in [0.1, 0.15) is 11.1 Å². The van der Waals surface area contributed by atoms with E-state index < -0.39 is 10.0 Å². The molecule has 2 rings (SSSR count). The number of carbonyl (C=O) groups is 1. The summed E-state index contributed by atoms with van der Waals surface area (Å²) < 4.78 is 26.4. The summed E-state index contributed by atoms with van der Waals surface area (Å²) in [5.41, 5.74) is 1.93. The number of amides is 1. The molecule has 1 amide bonds. The van der Waals surface area contributed by atoms with Crippen LogP contribution in [0.5, 0.6) is 0 Å². The fraction of sp³-hybridized carbons (Fsp3) is 0.188. The van der Waals surface area contributed by atoms with E-state index in [-0.39, 0.29) is 17.3 Å². The van der Waals surface area contributed by atoms with Crippen LogP contribution in [0, 0.1) is 6.92 Å². The van der Waals surface area contributed by atoms with E-state index in [0.29, 0.717) is 6.54 Å². The van der Waals surface area contributed by atoms with E-state index in [0.717, 1.165) is 11.1 Å². The third-order valence-electron chi connectivity index (χ3n) is 3.09. The summed E-state index contributed by atoms with van der Waals surface area (Å²) in [6, 6.07) is 15.9. The van der Waals surface area contributed by atoms with Gasteiger partial charge < -0.3 is 5.32 Å². The van der Waals surface area contributed by atoms with Crippen LogP contribution in [0.4, 0.5) is 0 Å². The fourth-order valence-corrected chi connectivity index (χ4v) is 2.80. The highest BCUT2D eigenvalue weighted by Gasteiger charge is 2.14. The van der Waals surface area contributed by atoms with Crippen LogP contribution in [0.2, 0.25) is 0 Å². The summed E-state index contributed by atoms with van der Waals surface area (Å²) in [5.74, 6) is -0.375. The van der Waals surface area contributed by atoms with Crippen LogP contribution in [-0.2, 0) is 21.4 Å². The first-order chi connectivity index (χ1) is 10.5. The zero-order valence-electron chi connectivity index (χ0n) is 12.2. The molecule has 0 unspecified atom stereocenters. The number of nitrogens with one attached hydrogen (secondary N) is 2. The second-order valence-electron chi connectivity index (χ2n) is 4.90. The number of rotatable bonds is 6. The van der Waals surface area contributed by atoms with Crippen molar-refractivity contribution in [1.29, 1.82) is 0 Å². The van der Waals surface area contributed by atoms with Gasteiger partial charge in [0.25, 0.3) is 0 Å². The van der Waals surface area contributed by atoms with Gasteiger partial charge >= 0.3 is 0 Å². The molecule has 0 radical (unpaired) electrons. The first-order valence-electron chi connectivity index (χ1n) is 6.84. The molecule has 0 heterocycles. The Morgan fingerprint density at radius 1 is 1.00 bits per heavy atom. The van der Waals surface area contributed by atoms with Gasteiger partial charge in [-0.25, -0.2) is 13.1 Å². The largest absolute Gasteiger partial charge is 0.351 e. The minimum Gasteiger partial charge on any atom is -0.351 e. The highest BCUT2D eigenvalue weighted by Crippen LogP contribution is 2.09.